The third-order valence-electron chi connectivity index (χ3n) is 3.83. The van der Waals surface area contributed by atoms with Gasteiger partial charge in [-0.1, -0.05) is 48.6 Å². The van der Waals surface area contributed by atoms with Gasteiger partial charge in [-0.2, -0.15) is 0 Å². The van der Waals surface area contributed by atoms with Crippen LogP contribution in [0.4, 0.5) is 11.4 Å². The fourth-order valence-electron chi connectivity index (χ4n) is 2.47. The first-order chi connectivity index (χ1) is 13.0. The molecule has 0 aromatic heterocycles. The number of hydrogen-bond acceptors (Lipinski definition) is 2. The van der Waals surface area contributed by atoms with Crippen LogP contribution in [0.15, 0.2) is 84.5 Å². The van der Waals surface area contributed by atoms with Crippen LogP contribution in [0.25, 0.3) is 11.1 Å². The van der Waals surface area contributed by atoms with E-state index in [1.54, 1.807) is 12.2 Å². The van der Waals surface area contributed by atoms with E-state index in [2.05, 4.69) is 10.6 Å². The number of hydrogen-bond donors (Lipinski definition) is 2. The van der Waals surface area contributed by atoms with E-state index in [1.165, 1.54) is 6.92 Å². The van der Waals surface area contributed by atoms with E-state index in [4.69, 9.17) is 0 Å². The number of allylic oxidation sites excluding steroid dienone is 4. The van der Waals surface area contributed by atoms with Crippen LogP contribution in [-0.4, -0.2) is 11.8 Å². The summed E-state index contributed by atoms with van der Waals surface area (Å²) >= 11 is 0. The van der Waals surface area contributed by atoms with Crippen molar-refractivity contribution in [1.82, 2.24) is 0 Å². The summed E-state index contributed by atoms with van der Waals surface area (Å²) in [5.41, 5.74) is 4.16. The molecule has 138 valence electrons. The van der Waals surface area contributed by atoms with Gasteiger partial charge in [0.15, 0.2) is 0 Å². The molecule has 4 heteroatoms. The number of amides is 2. The standard InChI is InChI=1S/C23H24N2O2/c1-4-6-7-8-18(5-2)23(27)25-22-15-11-20(12-16-22)19-9-13-21(14-10-19)24-17(3)26/h4-16H,1-3H3,(H,24,26)(H,25,27)/b6-4-,8-7-,18-5+. The minimum absolute atomic E-state index is 0.0936. The molecule has 0 atom stereocenters. The van der Waals surface area contributed by atoms with Crippen LogP contribution in [0.2, 0.25) is 0 Å². The Morgan fingerprint density at radius 2 is 1.30 bits per heavy atom. The summed E-state index contributed by atoms with van der Waals surface area (Å²) in [5.74, 6) is -0.241. The molecule has 4 nitrogen and oxygen atoms in total. The minimum atomic E-state index is -0.148. The van der Waals surface area contributed by atoms with Gasteiger partial charge in [0.05, 0.1) is 0 Å². The van der Waals surface area contributed by atoms with Crippen molar-refractivity contribution in [3.05, 3.63) is 84.5 Å². The lowest BCUT2D eigenvalue weighted by molar-refractivity contribution is -0.114. The molecule has 0 aliphatic rings. The Morgan fingerprint density at radius 1 is 0.778 bits per heavy atom. The average Bonchev–Trinajstić information content (AvgIpc) is 2.66. The first-order valence-corrected chi connectivity index (χ1v) is 8.78. The molecule has 0 saturated heterocycles. The topological polar surface area (TPSA) is 58.2 Å². The van der Waals surface area contributed by atoms with Crippen molar-refractivity contribution in [1.29, 1.82) is 0 Å². The molecule has 0 spiro atoms. The van der Waals surface area contributed by atoms with Crippen LogP contribution in [0, 0.1) is 0 Å². The summed E-state index contributed by atoms with van der Waals surface area (Å²) in [5, 5.41) is 5.65. The second-order valence-electron chi connectivity index (χ2n) is 5.92. The molecular formula is C23H24N2O2. The summed E-state index contributed by atoms with van der Waals surface area (Å²) < 4.78 is 0. The van der Waals surface area contributed by atoms with E-state index in [0.29, 0.717) is 5.57 Å². The highest BCUT2D eigenvalue weighted by Crippen LogP contribution is 2.23. The quantitative estimate of drug-likeness (QED) is 0.540. The highest BCUT2D eigenvalue weighted by molar-refractivity contribution is 6.05. The lowest BCUT2D eigenvalue weighted by Gasteiger charge is -2.08. The van der Waals surface area contributed by atoms with Crippen LogP contribution >= 0.6 is 0 Å². The van der Waals surface area contributed by atoms with Gasteiger partial charge in [-0.3, -0.25) is 9.59 Å². The van der Waals surface area contributed by atoms with Crippen molar-refractivity contribution in [2.24, 2.45) is 0 Å². The predicted octanol–water partition coefficient (Wildman–Crippen LogP) is 5.33. The monoisotopic (exact) mass is 360 g/mol. The lowest BCUT2D eigenvalue weighted by Crippen LogP contribution is -2.13. The van der Waals surface area contributed by atoms with Crippen LogP contribution < -0.4 is 10.6 Å². The zero-order chi connectivity index (χ0) is 19.6. The van der Waals surface area contributed by atoms with Crippen LogP contribution in [0.3, 0.4) is 0 Å². The number of anilines is 2. The van der Waals surface area contributed by atoms with Crippen molar-refractivity contribution < 1.29 is 9.59 Å². The molecule has 2 N–H and O–H groups in total. The molecule has 0 bridgehead atoms. The third-order valence-corrected chi connectivity index (χ3v) is 3.83. The fraction of sp³-hybridized carbons (Fsp3) is 0.130. The minimum Gasteiger partial charge on any atom is -0.326 e. The molecule has 0 aliphatic heterocycles. The molecule has 2 rings (SSSR count). The molecule has 0 fully saturated rings. The second kappa shape index (κ2) is 9.92. The molecular weight excluding hydrogens is 336 g/mol. The number of carbonyl (C=O) groups is 2. The lowest BCUT2D eigenvalue weighted by atomic mass is 10.0. The van der Waals surface area contributed by atoms with Crippen LogP contribution in [-0.2, 0) is 9.59 Å². The molecule has 0 aliphatic carbocycles. The SMILES string of the molecule is C\C=C/C=C\C(=C/C)C(=O)Nc1ccc(-c2ccc(NC(C)=O)cc2)cc1. The largest absolute Gasteiger partial charge is 0.326 e. The maximum Gasteiger partial charge on any atom is 0.255 e. The smallest absolute Gasteiger partial charge is 0.255 e. The van der Waals surface area contributed by atoms with Gasteiger partial charge in [-0.25, -0.2) is 0 Å². The number of rotatable bonds is 6. The highest BCUT2D eigenvalue weighted by Gasteiger charge is 2.06. The number of benzene rings is 2. The average molecular weight is 360 g/mol. The Labute approximate surface area is 160 Å². The van der Waals surface area contributed by atoms with Gasteiger partial charge in [0, 0.05) is 23.9 Å². The summed E-state index contributed by atoms with van der Waals surface area (Å²) in [6.07, 6.45) is 9.18. The maximum atomic E-state index is 12.3. The molecule has 0 unspecified atom stereocenters. The van der Waals surface area contributed by atoms with E-state index in [9.17, 15) is 9.59 Å². The van der Waals surface area contributed by atoms with E-state index >= 15 is 0 Å². The second-order valence-corrected chi connectivity index (χ2v) is 5.92. The van der Waals surface area contributed by atoms with E-state index < -0.39 is 0 Å². The molecule has 27 heavy (non-hydrogen) atoms. The van der Waals surface area contributed by atoms with E-state index in [1.807, 2.05) is 80.6 Å². The third kappa shape index (κ3) is 6.12. The summed E-state index contributed by atoms with van der Waals surface area (Å²) in [4.78, 5) is 23.4. The van der Waals surface area contributed by atoms with E-state index in [0.717, 1.165) is 22.5 Å². The van der Waals surface area contributed by atoms with E-state index in [-0.39, 0.29) is 11.8 Å². The van der Waals surface area contributed by atoms with Gasteiger partial charge >= 0.3 is 0 Å². The Morgan fingerprint density at radius 3 is 1.74 bits per heavy atom. The number of nitrogens with one attached hydrogen (secondary N) is 2. The van der Waals surface area contributed by atoms with Crippen LogP contribution in [0.5, 0.6) is 0 Å². The zero-order valence-electron chi connectivity index (χ0n) is 15.8. The van der Waals surface area contributed by atoms with Gasteiger partial charge in [0.25, 0.3) is 5.91 Å². The summed E-state index contributed by atoms with van der Waals surface area (Å²) in [6.45, 7) is 5.24. The Kier molecular flexibility index (Phi) is 7.32. The maximum absolute atomic E-state index is 12.3. The van der Waals surface area contributed by atoms with Gasteiger partial charge in [-0.05, 0) is 55.3 Å². The zero-order valence-corrected chi connectivity index (χ0v) is 15.8. The van der Waals surface area contributed by atoms with Gasteiger partial charge in [-0.15, -0.1) is 0 Å². The molecule has 0 radical (unpaired) electrons. The normalized spacial score (nSPS) is 11.7. The molecule has 2 amide bonds. The fourth-order valence-corrected chi connectivity index (χ4v) is 2.47. The van der Waals surface area contributed by atoms with Gasteiger partial charge < -0.3 is 10.6 Å². The highest BCUT2D eigenvalue weighted by atomic mass is 16.2. The Bertz CT molecular complexity index is 874. The molecule has 2 aromatic carbocycles. The Hall–Kier alpha value is -3.40. The van der Waals surface area contributed by atoms with Crippen molar-refractivity contribution in [3.8, 4) is 11.1 Å². The first-order valence-electron chi connectivity index (χ1n) is 8.78. The van der Waals surface area contributed by atoms with Crippen LogP contribution in [0.1, 0.15) is 20.8 Å². The summed E-state index contributed by atoms with van der Waals surface area (Å²) in [6, 6.07) is 15.3. The predicted molar refractivity (Wildman–Crippen MR) is 113 cm³/mol. The van der Waals surface area contributed by atoms with Gasteiger partial charge in [0.2, 0.25) is 5.91 Å². The Balaban J connectivity index is 2.06. The number of carbonyl (C=O) groups excluding carboxylic acids is 2. The summed E-state index contributed by atoms with van der Waals surface area (Å²) in [7, 11) is 0. The van der Waals surface area contributed by atoms with Crippen molar-refractivity contribution in [2.45, 2.75) is 20.8 Å². The van der Waals surface area contributed by atoms with Crippen molar-refractivity contribution >= 4 is 23.2 Å². The molecule has 0 saturated carbocycles. The van der Waals surface area contributed by atoms with Crippen molar-refractivity contribution in [3.63, 3.8) is 0 Å². The van der Waals surface area contributed by atoms with Gasteiger partial charge in [0.1, 0.15) is 0 Å². The first kappa shape index (κ1) is 19.9. The van der Waals surface area contributed by atoms with Crippen molar-refractivity contribution in [2.75, 3.05) is 10.6 Å². The molecule has 2 aromatic rings. The molecule has 0 heterocycles.